The second kappa shape index (κ2) is 4.96. The fourth-order valence-corrected chi connectivity index (χ4v) is 1.93. The summed E-state index contributed by atoms with van der Waals surface area (Å²) in [5.74, 6) is 1.82. The van der Waals surface area contributed by atoms with Gasteiger partial charge in [-0.25, -0.2) is 0 Å². The number of hydrogen-bond donors (Lipinski definition) is 0. The number of thioether (sulfide) groups is 1. The van der Waals surface area contributed by atoms with Crippen molar-refractivity contribution < 1.29 is 0 Å². The normalized spacial score (nSPS) is 14.1. The standard InChI is InChI=1S/C11H22S/c1-9(2)10(7-8-12-6)11(3,4)5/h7,9H,8H2,1-6H3/b10-7-. The summed E-state index contributed by atoms with van der Waals surface area (Å²) in [4.78, 5) is 0. The maximum Gasteiger partial charge on any atom is 0.0113 e. The maximum atomic E-state index is 2.38. The molecule has 0 aliphatic carbocycles. The van der Waals surface area contributed by atoms with E-state index < -0.39 is 0 Å². The zero-order valence-electron chi connectivity index (χ0n) is 9.27. The van der Waals surface area contributed by atoms with Gasteiger partial charge in [0.2, 0.25) is 0 Å². The molecule has 0 aromatic heterocycles. The average molecular weight is 186 g/mol. The zero-order chi connectivity index (χ0) is 9.78. The summed E-state index contributed by atoms with van der Waals surface area (Å²) >= 11 is 1.89. The predicted molar refractivity (Wildman–Crippen MR) is 60.8 cm³/mol. The van der Waals surface area contributed by atoms with Crippen LogP contribution in [0.4, 0.5) is 0 Å². The van der Waals surface area contributed by atoms with Crippen LogP contribution in [0.15, 0.2) is 11.6 Å². The minimum absolute atomic E-state index is 0.337. The smallest absolute Gasteiger partial charge is 0.0113 e. The first-order valence-electron chi connectivity index (χ1n) is 4.59. The first-order chi connectivity index (χ1) is 5.39. The van der Waals surface area contributed by atoms with Crippen LogP contribution in [0.5, 0.6) is 0 Å². The molecule has 0 amide bonds. The van der Waals surface area contributed by atoms with E-state index in [0.29, 0.717) is 11.3 Å². The van der Waals surface area contributed by atoms with Crippen molar-refractivity contribution in [2.45, 2.75) is 34.6 Å². The molecule has 0 saturated carbocycles. The minimum atomic E-state index is 0.337. The largest absolute Gasteiger partial charge is 0.161 e. The van der Waals surface area contributed by atoms with E-state index in [0.717, 1.165) is 5.75 Å². The molecule has 0 fully saturated rings. The molecular weight excluding hydrogens is 164 g/mol. The Bertz CT molecular complexity index is 149. The Morgan fingerprint density at radius 3 is 2.08 bits per heavy atom. The molecule has 0 bridgehead atoms. The molecule has 0 saturated heterocycles. The molecule has 0 aromatic rings. The third-order valence-electron chi connectivity index (χ3n) is 1.96. The summed E-state index contributed by atoms with van der Waals surface area (Å²) in [5, 5.41) is 0. The van der Waals surface area contributed by atoms with Gasteiger partial charge in [-0.1, -0.05) is 46.3 Å². The summed E-state index contributed by atoms with van der Waals surface area (Å²) in [5.41, 5.74) is 1.92. The van der Waals surface area contributed by atoms with E-state index >= 15 is 0 Å². The lowest BCUT2D eigenvalue weighted by atomic mass is 9.80. The van der Waals surface area contributed by atoms with Gasteiger partial charge in [0.25, 0.3) is 0 Å². The molecule has 0 nitrogen and oxygen atoms in total. The number of allylic oxidation sites excluding steroid dienone is 1. The van der Waals surface area contributed by atoms with Gasteiger partial charge in [0.05, 0.1) is 0 Å². The highest BCUT2D eigenvalue weighted by molar-refractivity contribution is 7.98. The van der Waals surface area contributed by atoms with Gasteiger partial charge in [0, 0.05) is 5.75 Å². The average Bonchev–Trinajstić information content (AvgIpc) is 1.84. The summed E-state index contributed by atoms with van der Waals surface area (Å²) in [6.07, 6.45) is 4.53. The predicted octanol–water partition coefficient (Wildman–Crippen LogP) is 3.98. The lowest BCUT2D eigenvalue weighted by Gasteiger charge is -2.26. The van der Waals surface area contributed by atoms with Crippen LogP contribution in [0.25, 0.3) is 0 Å². The SMILES string of the molecule is CSC/C=C(/C(C)C)C(C)(C)C. The topological polar surface area (TPSA) is 0 Å². The molecule has 0 atom stereocenters. The molecule has 0 aliphatic rings. The van der Waals surface area contributed by atoms with Crippen LogP contribution >= 0.6 is 11.8 Å². The van der Waals surface area contributed by atoms with Crippen LogP contribution in [0.1, 0.15) is 34.6 Å². The molecule has 0 N–H and O–H groups in total. The minimum Gasteiger partial charge on any atom is -0.161 e. The first kappa shape index (κ1) is 12.1. The van der Waals surface area contributed by atoms with Crippen molar-refractivity contribution in [1.29, 1.82) is 0 Å². The van der Waals surface area contributed by atoms with E-state index in [1.54, 1.807) is 5.57 Å². The van der Waals surface area contributed by atoms with Gasteiger partial charge in [-0.3, -0.25) is 0 Å². The second-order valence-corrected chi connectivity index (χ2v) is 5.43. The van der Waals surface area contributed by atoms with Crippen molar-refractivity contribution in [2.24, 2.45) is 11.3 Å². The Kier molecular flexibility index (Phi) is 5.00. The Morgan fingerprint density at radius 2 is 1.83 bits per heavy atom. The molecule has 0 aliphatic heterocycles. The van der Waals surface area contributed by atoms with Crippen molar-refractivity contribution >= 4 is 11.8 Å². The lowest BCUT2D eigenvalue weighted by Crippen LogP contribution is -2.14. The van der Waals surface area contributed by atoms with Crippen LogP contribution in [-0.2, 0) is 0 Å². The molecule has 0 unspecified atom stereocenters. The van der Waals surface area contributed by atoms with Gasteiger partial charge in [-0.15, -0.1) is 0 Å². The molecule has 12 heavy (non-hydrogen) atoms. The highest BCUT2D eigenvalue weighted by Gasteiger charge is 2.18. The van der Waals surface area contributed by atoms with Crippen LogP contribution < -0.4 is 0 Å². The van der Waals surface area contributed by atoms with E-state index in [4.69, 9.17) is 0 Å². The van der Waals surface area contributed by atoms with Crippen LogP contribution in [0, 0.1) is 11.3 Å². The fourth-order valence-electron chi connectivity index (χ4n) is 1.58. The fraction of sp³-hybridized carbons (Fsp3) is 0.818. The monoisotopic (exact) mass is 186 g/mol. The van der Waals surface area contributed by atoms with Crippen molar-refractivity contribution in [3.05, 3.63) is 11.6 Å². The summed E-state index contributed by atoms with van der Waals surface area (Å²) in [6.45, 7) is 11.4. The van der Waals surface area contributed by atoms with Crippen molar-refractivity contribution in [3.8, 4) is 0 Å². The van der Waals surface area contributed by atoms with Crippen molar-refractivity contribution in [2.75, 3.05) is 12.0 Å². The zero-order valence-corrected chi connectivity index (χ0v) is 10.1. The second-order valence-electron chi connectivity index (χ2n) is 4.52. The van der Waals surface area contributed by atoms with Gasteiger partial charge >= 0.3 is 0 Å². The van der Waals surface area contributed by atoms with Gasteiger partial charge < -0.3 is 0 Å². The molecule has 0 spiro atoms. The Hall–Kier alpha value is 0.0900. The van der Waals surface area contributed by atoms with Crippen LogP contribution in [0.2, 0.25) is 0 Å². The highest BCUT2D eigenvalue weighted by atomic mass is 32.2. The van der Waals surface area contributed by atoms with Crippen LogP contribution in [0.3, 0.4) is 0 Å². The quantitative estimate of drug-likeness (QED) is 0.601. The molecule has 1 heteroatoms. The molecule has 0 aromatic carbocycles. The van der Waals surface area contributed by atoms with Crippen molar-refractivity contribution in [3.63, 3.8) is 0 Å². The maximum absolute atomic E-state index is 2.38. The van der Waals surface area contributed by atoms with Crippen LogP contribution in [-0.4, -0.2) is 12.0 Å². The number of hydrogen-bond acceptors (Lipinski definition) is 1. The van der Waals surface area contributed by atoms with E-state index in [-0.39, 0.29) is 0 Å². The van der Waals surface area contributed by atoms with Gasteiger partial charge in [0.1, 0.15) is 0 Å². The molecule has 72 valence electrons. The molecular formula is C11H22S. The van der Waals surface area contributed by atoms with E-state index in [9.17, 15) is 0 Å². The third-order valence-corrected chi connectivity index (χ3v) is 2.46. The number of rotatable bonds is 3. The molecule has 0 heterocycles. The van der Waals surface area contributed by atoms with Gasteiger partial charge in [-0.2, -0.15) is 11.8 Å². The third kappa shape index (κ3) is 4.20. The summed E-state index contributed by atoms with van der Waals surface area (Å²) < 4.78 is 0. The Balaban J connectivity index is 4.44. The van der Waals surface area contributed by atoms with E-state index in [2.05, 4.69) is 47.0 Å². The van der Waals surface area contributed by atoms with Crippen molar-refractivity contribution in [1.82, 2.24) is 0 Å². The Labute approximate surface area is 81.8 Å². The molecule has 0 rings (SSSR count). The summed E-state index contributed by atoms with van der Waals surface area (Å²) in [6, 6.07) is 0. The van der Waals surface area contributed by atoms with E-state index in [1.165, 1.54) is 0 Å². The van der Waals surface area contributed by atoms with Gasteiger partial charge in [-0.05, 0) is 17.6 Å². The highest BCUT2D eigenvalue weighted by Crippen LogP contribution is 2.31. The van der Waals surface area contributed by atoms with Gasteiger partial charge in [0.15, 0.2) is 0 Å². The molecule has 0 radical (unpaired) electrons. The lowest BCUT2D eigenvalue weighted by molar-refractivity contribution is 0.447. The van der Waals surface area contributed by atoms with E-state index in [1.807, 2.05) is 11.8 Å². The first-order valence-corrected chi connectivity index (χ1v) is 5.98. The summed E-state index contributed by atoms with van der Waals surface area (Å²) in [7, 11) is 0. The Morgan fingerprint density at radius 1 is 1.33 bits per heavy atom.